The normalized spacial score (nSPS) is 10.4. The summed E-state index contributed by atoms with van der Waals surface area (Å²) < 4.78 is 5.78. The van der Waals surface area contributed by atoms with Crippen LogP contribution in [0.1, 0.15) is 16.1 Å². The van der Waals surface area contributed by atoms with Crippen LogP contribution in [0.3, 0.4) is 0 Å². The molecule has 4 nitrogen and oxygen atoms in total. The van der Waals surface area contributed by atoms with E-state index in [9.17, 15) is 4.79 Å². The number of para-hydroxylation sites is 1. The molecule has 0 aliphatic heterocycles. The molecule has 0 bridgehead atoms. The first kappa shape index (κ1) is 14.1. The zero-order valence-corrected chi connectivity index (χ0v) is 12.2. The first-order valence-electron chi connectivity index (χ1n) is 7.04. The predicted molar refractivity (Wildman–Crippen MR) is 87.5 cm³/mol. The molecule has 0 aliphatic carbocycles. The quantitative estimate of drug-likeness (QED) is 0.729. The van der Waals surface area contributed by atoms with Gasteiger partial charge in [-0.25, -0.2) is 4.98 Å². The van der Waals surface area contributed by atoms with Crippen LogP contribution in [-0.2, 0) is 6.61 Å². The van der Waals surface area contributed by atoms with Crippen molar-refractivity contribution in [2.75, 3.05) is 12.4 Å². The third-order valence-corrected chi connectivity index (χ3v) is 3.47. The fraction of sp³-hybridized carbons (Fsp3) is 0.111. The van der Waals surface area contributed by atoms with Gasteiger partial charge in [0.05, 0.1) is 5.52 Å². The summed E-state index contributed by atoms with van der Waals surface area (Å²) in [6.07, 6.45) is 0.728. The molecule has 0 saturated heterocycles. The molecule has 0 amide bonds. The summed E-state index contributed by atoms with van der Waals surface area (Å²) in [6, 6.07) is 17.5. The van der Waals surface area contributed by atoms with Gasteiger partial charge in [0.15, 0.2) is 6.29 Å². The van der Waals surface area contributed by atoms with Gasteiger partial charge in [-0.1, -0.05) is 30.3 Å². The Bertz CT molecular complexity index is 798. The van der Waals surface area contributed by atoms with Crippen LogP contribution in [0.15, 0.2) is 54.6 Å². The van der Waals surface area contributed by atoms with Crippen LogP contribution >= 0.6 is 0 Å². The number of rotatable bonds is 5. The SMILES string of the molecule is CNc1ccc(COc2cc3ccccc3nc2C=O)cc1. The van der Waals surface area contributed by atoms with Gasteiger partial charge < -0.3 is 10.1 Å². The molecule has 22 heavy (non-hydrogen) atoms. The Labute approximate surface area is 128 Å². The van der Waals surface area contributed by atoms with Crippen LogP contribution in [0.2, 0.25) is 0 Å². The second-order valence-electron chi connectivity index (χ2n) is 4.92. The number of carbonyl (C=O) groups is 1. The zero-order chi connectivity index (χ0) is 15.4. The van der Waals surface area contributed by atoms with E-state index in [4.69, 9.17) is 4.74 Å². The number of ether oxygens (including phenoxy) is 1. The topological polar surface area (TPSA) is 51.2 Å². The summed E-state index contributed by atoms with van der Waals surface area (Å²) >= 11 is 0. The molecule has 0 unspecified atom stereocenters. The number of benzene rings is 2. The number of anilines is 1. The second-order valence-corrected chi connectivity index (χ2v) is 4.92. The largest absolute Gasteiger partial charge is 0.486 e. The van der Waals surface area contributed by atoms with Crippen molar-refractivity contribution >= 4 is 22.9 Å². The van der Waals surface area contributed by atoms with Gasteiger partial charge >= 0.3 is 0 Å². The zero-order valence-electron chi connectivity index (χ0n) is 12.2. The van der Waals surface area contributed by atoms with E-state index in [0.717, 1.165) is 28.4 Å². The lowest BCUT2D eigenvalue weighted by molar-refractivity contribution is 0.111. The van der Waals surface area contributed by atoms with E-state index in [2.05, 4.69) is 10.3 Å². The van der Waals surface area contributed by atoms with Crippen LogP contribution in [0.5, 0.6) is 5.75 Å². The van der Waals surface area contributed by atoms with Crippen molar-refractivity contribution in [3.63, 3.8) is 0 Å². The Morgan fingerprint density at radius 2 is 1.91 bits per heavy atom. The number of hydrogen-bond donors (Lipinski definition) is 1. The highest BCUT2D eigenvalue weighted by atomic mass is 16.5. The maximum atomic E-state index is 11.2. The van der Waals surface area contributed by atoms with Crippen molar-refractivity contribution in [1.82, 2.24) is 4.98 Å². The molecule has 0 radical (unpaired) electrons. The highest BCUT2D eigenvalue weighted by Crippen LogP contribution is 2.23. The molecule has 1 aromatic heterocycles. The highest BCUT2D eigenvalue weighted by molar-refractivity contribution is 5.86. The number of aldehydes is 1. The van der Waals surface area contributed by atoms with Crippen LogP contribution < -0.4 is 10.1 Å². The van der Waals surface area contributed by atoms with Crippen molar-refractivity contribution in [1.29, 1.82) is 0 Å². The van der Waals surface area contributed by atoms with Crippen molar-refractivity contribution in [3.05, 3.63) is 65.9 Å². The van der Waals surface area contributed by atoms with Crippen molar-refractivity contribution in [2.45, 2.75) is 6.61 Å². The first-order valence-corrected chi connectivity index (χ1v) is 7.04. The lowest BCUT2D eigenvalue weighted by Gasteiger charge is -2.10. The average Bonchev–Trinajstić information content (AvgIpc) is 2.59. The van der Waals surface area contributed by atoms with Crippen LogP contribution in [0.25, 0.3) is 10.9 Å². The van der Waals surface area contributed by atoms with Crippen molar-refractivity contribution in [3.8, 4) is 5.75 Å². The average molecular weight is 292 g/mol. The van der Waals surface area contributed by atoms with Gasteiger partial charge in [-0.05, 0) is 29.8 Å². The lowest BCUT2D eigenvalue weighted by Crippen LogP contribution is -2.00. The number of carbonyl (C=O) groups excluding carboxylic acids is 1. The third-order valence-electron chi connectivity index (χ3n) is 3.47. The van der Waals surface area contributed by atoms with E-state index in [0.29, 0.717) is 18.1 Å². The van der Waals surface area contributed by atoms with Gasteiger partial charge in [-0.15, -0.1) is 0 Å². The summed E-state index contributed by atoms with van der Waals surface area (Å²) in [5.41, 5.74) is 3.19. The minimum atomic E-state index is 0.325. The molecule has 1 N–H and O–H groups in total. The molecular weight excluding hydrogens is 276 g/mol. The van der Waals surface area contributed by atoms with Gasteiger partial charge in [-0.3, -0.25) is 4.79 Å². The molecule has 0 aliphatic rings. The summed E-state index contributed by atoms with van der Waals surface area (Å²) in [5, 5.41) is 4.02. The summed E-state index contributed by atoms with van der Waals surface area (Å²) in [5.74, 6) is 0.506. The van der Waals surface area contributed by atoms with E-state index < -0.39 is 0 Å². The number of nitrogens with zero attached hydrogens (tertiary/aromatic N) is 1. The van der Waals surface area contributed by atoms with E-state index in [1.165, 1.54) is 0 Å². The minimum Gasteiger partial charge on any atom is -0.486 e. The van der Waals surface area contributed by atoms with E-state index in [-0.39, 0.29) is 0 Å². The predicted octanol–water partition coefficient (Wildman–Crippen LogP) is 3.67. The molecule has 2 aromatic carbocycles. The Hall–Kier alpha value is -2.88. The fourth-order valence-electron chi connectivity index (χ4n) is 2.24. The number of fused-ring (bicyclic) bond motifs is 1. The standard InChI is InChI=1S/C18H16N2O2/c1-19-15-8-6-13(7-9-15)12-22-18-10-14-4-2-3-5-16(14)20-17(18)11-21/h2-11,19H,12H2,1H3. The Kier molecular flexibility index (Phi) is 4.01. The van der Waals surface area contributed by atoms with Crippen molar-refractivity contribution in [2.24, 2.45) is 0 Å². The molecule has 0 saturated carbocycles. The number of pyridine rings is 1. The molecule has 1 heterocycles. The fourth-order valence-corrected chi connectivity index (χ4v) is 2.24. The van der Waals surface area contributed by atoms with Crippen LogP contribution in [0.4, 0.5) is 5.69 Å². The highest BCUT2D eigenvalue weighted by Gasteiger charge is 2.07. The monoisotopic (exact) mass is 292 g/mol. The molecule has 0 fully saturated rings. The first-order chi connectivity index (χ1) is 10.8. The Morgan fingerprint density at radius 1 is 1.14 bits per heavy atom. The number of hydrogen-bond acceptors (Lipinski definition) is 4. The van der Waals surface area contributed by atoms with Crippen molar-refractivity contribution < 1.29 is 9.53 Å². The second kappa shape index (κ2) is 6.26. The van der Waals surface area contributed by atoms with Gasteiger partial charge in [0.2, 0.25) is 0 Å². The van der Waals surface area contributed by atoms with Gasteiger partial charge in [0.25, 0.3) is 0 Å². The van der Waals surface area contributed by atoms with E-state index >= 15 is 0 Å². The van der Waals surface area contributed by atoms with E-state index in [1.807, 2.05) is 61.6 Å². The summed E-state index contributed by atoms with van der Waals surface area (Å²) in [7, 11) is 1.88. The maximum Gasteiger partial charge on any atom is 0.172 e. The Balaban J connectivity index is 1.84. The molecular formula is C18H16N2O2. The maximum absolute atomic E-state index is 11.2. The van der Waals surface area contributed by atoms with Crippen LogP contribution in [-0.4, -0.2) is 18.3 Å². The number of aromatic nitrogens is 1. The molecule has 0 atom stereocenters. The molecule has 4 heteroatoms. The molecule has 3 rings (SSSR count). The molecule has 3 aromatic rings. The molecule has 110 valence electrons. The smallest absolute Gasteiger partial charge is 0.172 e. The summed E-state index contributed by atoms with van der Waals surface area (Å²) in [6.45, 7) is 0.394. The van der Waals surface area contributed by atoms with Gasteiger partial charge in [0, 0.05) is 18.1 Å². The van der Waals surface area contributed by atoms with Crippen LogP contribution in [0, 0.1) is 0 Å². The minimum absolute atomic E-state index is 0.325. The Morgan fingerprint density at radius 3 is 2.64 bits per heavy atom. The third kappa shape index (κ3) is 2.91. The van der Waals surface area contributed by atoms with E-state index in [1.54, 1.807) is 0 Å². The molecule has 0 spiro atoms. The van der Waals surface area contributed by atoms with Gasteiger partial charge in [-0.2, -0.15) is 0 Å². The van der Waals surface area contributed by atoms with Gasteiger partial charge in [0.1, 0.15) is 18.1 Å². The lowest BCUT2D eigenvalue weighted by atomic mass is 10.2. The summed E-state index contributed by atoms with van der Waals surface area (Å²) in [4.78, 5) is 15.5. The number of nitrogens with one attached hydrogen (secondary N) is 1.